The summed E-state index contributed by atoms with van der Waals surface area (Å²) in [4.78, 5) is 8.88. The summed E-state index contributed by atoms with van der Waals surface area (Å²) < 4.78 is 0. The molecule has 1 aromatic heterocycles. The number of aliphatic imine (C=N–C) groups is 1. The Balaban J connectivity index is 0.00000484. The maximum absolute atomic E-state index is 5.93. The lowest BCUT2D eigenvalue weighted by Crippen LogP contribution is -2.38. The van der Waals surface area contributed by atoms with Gasteiger partial charge in [0, 0.05) is 23.7 Å². The first-order valence-corrected chi connectivity index (χ1v) is 9.32. The van der Waals surface area contributed by atoms with E-state index >= 15 is 0 Å². The third-order valence-corrected chi connectivity index (χ3v) is 4.59. The summed E-state index contributed by atoms with van der Waals surface area (Å²) in [6.45, 7) is 9.54. The first kappa shape index (κ1) is 22.6. The van der Waals surface area contributed by atoms with Crippen molar-refractivity contribution in [2.24, 2.45) is 16.6 Å². The molecule has 1 atom stereocenters. The molecule has 0 spiro atoms. The second-order valence-corrected chi connectivity index (χ2v) is 7.42. The van der Waals surface area contributed by atoms with Crippen molar-refractivity contribution in [2.75, 3.05) is 6.54 Å². The van der Waals surface area contributed by atoms with E-state index in [0.29, 0.717) is 12.0 Å². The number of hydrogen-bond donors (Lipinski definition) is 2. The van der Waals surface area contributed by atoms with E-state index in [2.05, 4.69) is 41.4 Å². The lowest BCUT2D eigenvalue weighted by Gasteiger charge is -2.15. The Morgan fingerprint density at radius 2 is 2.00 bits per heavy atom. The maximum Gasteiger partial charge on any atom is 0.188 e. The van der Waals surface area contributed by atoms with Crippen molar-refractivity contribution in [1.82, 2.24) is 10.3 Å². The average Bonchev–Trinajstić information content (AvgIpc) is 2.83. The van der Waals surface area contributed by atoms with E-state index in [9.17, 15) is 0 Å². The Morgan fingerprint density at radius 3 is 2.61 bits per heavy atom. The zero-order valence-electron chi connectivity index (χ0n) is 15.0. The van der Waals surface area contributed by atoms with E-state index in [0.717, 1.165) is 43.8 Å². The highest BCUT2D eigenvalue weighted by molar-refractivity contribution is 14.0. The van der Waals surface area contributed by atoms with Crippen LogP contribution in [0.4, 0.5) is 0 Å². The van der Waals surface area contributed by atoms with Crippen molar-refractivity contribution < 1.29 is 0 Å². The van der Waals surface area contributed by atoms with Crippen LogP contribution in [0.1, 0.15) is 63.6 Å². The number of aryl methyl sites for hydroxylation is 2. The number of unbranched alkanes of at least 4 members (excludes halogenated alkanes) is 1. The fourth-order valence-electron chi connectivity index (χ4n) is 2.31. The molecule has 1 rings (SSSR count). The molecule has 0 aliphatic carbocycles. The van der Waals surface area contributed by atoms with Crippen molar-refractivity contribution in [2.45, 2.75) is 72.3 Å². The van der Waals surface area contributed by atoms with E-state index in [-0.39, 0.29) is 24.0 Å². The van der Waals surface area contributed by atoms with Gasteiger partial charge in [0.2, 0.25) is 0 Å². The molecule has 0 fully saturated rings. The number of halogens is 1. The van der Waals surface area contributed by atoms with Gasteiger partial charge in [-0.05, 0) is 45.4 Å². The van der Waals surface area contributed by atoms with Crippen LogP contribution in [0.5, 0.6) is 0 Å². The van der Waals surface area contributed by atoms with Crippen LogP contribution in [0.25, 0.3) is 0 Å². The Labute approximate surface area is 162 Å². The number of nitrogens with two attached hydrogens (primary N) is 1. The van der Waals surface area contributed by atoms with Crippen molar-refractivity contribution in [1.29, 1.82) is 0 Å². The predicted octanol–water partition coefficient (Wildman–Crippen LogP) is 4.51. The lowest BCUT2D eigenvalue weighted by atomic mass is 10.0. The van der Waals surface area contributed by atoms with Crippen molar-refractivity contribution >= 4 is 41.3 Å². The molecule has 134 valence electrons. The quantitative estimate of drug-likeness (QED) is 0.238. The number of rotatable bonds is 10. The zero-order valence-corrected chi connectivity index (χ0v) is 18.1. The van der Waals surface area contributed by atoms with Gasteiger partial charge in [-0.2, -0.15) is 0 Å². The topological polar surface area (TPSA) is 63.3 Å². The van der Waals surface area contributed by atoms with Crippen molar-refractivity contribution in [3.05, 3.63) is 16.1 Å². The van der Waals surface area contributed by atoms with E-state index in [1.54, 1.807) is 11.3 Å². The fourth-order valence-corrected chi connectivity index (χ4v) is 3.13. The van der Waals surface area contributed by atoms with Gasteiger partial charge in [0.05, 0.1) is 5.01 Å². The highest BCUT2D eigenvalue weighted by atomic mass is 127. The Bertz CT molecular complexity index is 446. The summed E-state index contributed by atoms with van der Waals surface area (Å²) in [6, 6.07) is 0.404. The molecular formula is C17H33IN4S. The predicted molar refractivity (Wildman–Crippen MR) is 113 cm³/mol. The molecule has 3 N–H and O–H groups in total. The number of thiazole rings is 1. The smallest absolute Gasteiger partial charge is 0.188 e. The second kappa shape index (κ2) is 13.0. The van der Waals surface area contributed by atoms with Crippen molar-refractivity contribution in [3.8, 4) is 0 Å². The normalized spacial score (nSPS) is 13.0. The van der Waals surface area contributed by atoms with Crippen LogP contribution in [0, 0.1) is 12.8 Å². The van der Waals surface area contributed by atoms with Crippen molar-refractivity contribution in [3.63, 3.8) is 0 Å². The van der Waals surface area contributed by atoms with E-state index < -0.39 is 0 Å². The van der Waals surface area contributed by atoms with Gasteiger partial charge in [0.1, 0.15) is 0 Å². The number of aromatic nitrogens is 1. The average molecular weight is 452 g/mol. The molecule has 6 heteroatoms. The minimum absolute atomic E-state index is 0. The van der Waals surface area contributed by atoms with Gasteiger partial charge in [-0.1, -0.05) is 26.7 Å². The van der Waals surface area contributed by atoms with Crippen LogP contribution in [0.2, 0.25) is 0 Å². The van der Waals surface area contributed by atoms with Gasteiger partial charge in [-0.3, -0.25) is 4.99 Å². The van der Waals surface area contributed by atoms with Gasteiger partial charge in [-0.15, -0.1) is 35.3 Å². The number of nitrogens with zero attached hydrogens (tertiary/aromatic N) is 2. The number of guanidine groups is 1. The van der Waals surface area contributed by atoms with Gasteiger partial charge in [-0.25, -0.2) is 4.98 Å². The molecule has 0 saturated carbocycles. The Kier molecular flexibility index (Phi) is 12.8. The summed E-state index contributed by atoms with van der Waals surface area (Å²) in [5.74, 6) is 1.36. The van der Waals surface area contributed by atoms with Gasteiger partial charge >= 0.3 is 0 Å². The summed E-state index contributed by atoms with van der Waals surface area (Å²) in [7, 11) is 0. The minimum atomic E-state index is 0. The molecular weight excluding hydrogens is 419 g/mol. The Morgan fingerprint density at radius 1 is 1.26 bits per heavy atom. The third-order valence-electron chi connectivity index (χ3n) is 3.56. The molecule has 1 aromatic rings. The molecule has 0 radical (unpaired) electrons. The molecule has 0 bridgehead atoms. The van der Waals surface area contributed by atoms with Crippen LogP contribution >= 0.6 is 35.3 Å². The minimum Gasteiger partial charge on any atom is -0.370 e. The monoisotopic (exact) mass is 452 g/mol. The van der Waals surface area contributed by atoms with Gasteiger partial charge < -0.3 is 11.1 Å². The second-order valence-electron chi connectivity index (χ2n) is 6.48. The van der Waals surface area contributed by atoms with Crippen LogP contribution < -0.4 is 11.1 Å². The van der Waals surface area contributed by atoms with Crippen LogP contribution in [-0.4, -0.2) is 23.5 Å². The largest absolute Gasteiger partial charge is 0.370 e. The maximum atomic E-state index is 5.93. The van der Waals surface area contributed by atoms with Crippen LogP contribution in [-0.2, 0) is 6.42 Å². The molecule has 1 heterocycles. The number of nitrogens with one attached hydrogen (secondary N) is 1. The molecule has 4 nitrogen and oxygen atoms in total. The van der Waals surface area contributed by atoms with Gasteiger partial charge in [0.15, 0.2) is 5.96 Å². The van der Waals surface area contributed by atoms with Gasteiger partial charge in [0.25, 0.3) is 0 Å². The standard InChI is InChI=1S/C17H32N4S.HI/c1-13(2)8-7-9-14(3)21-17(18)19-11-6-5-10-16-20-15(4)12-22-16;/h12-14H,5-11H2,1-4H3,(H3,18,19,21);1H. The summed E-state index contributed by atoms with van der Waals surface area (Å²) in [5, 5.41) is 6.62. The fraction of sp³-hybridized carbons (Fsp3) is 0.765. The SMILES string of the molecule is Cc1csc(CCCCN=C(N)NC(C)CCCC(C)C)n1.I. The molecule has 0 amide bonds. The highest BCUT2D eigenvalue weighted by Crippen LogP contribution is 2.11. The molecule has 0 aliphatic rings. The highest BCUT2D eigenvalue weighted by Gasteiger charge is 2.03. The zero-order chi connectivity index (χ0) is 16.4. The summed E-state index contributed by atoms with van der Waals surface area (Å²) in [6.07, 6.45) is 6.90. The first-order chi connectivity index (χ1) is 10.5. The number of hydrogen-bond acceptors (Lipinski definition) is 3. The van der Waals surface area contributed by atoms with E-state index in [1.165, 1.54) is 17.8 Å². The van der Waals surface area contributed by atoms with Crippen LogP contribution in [0.15, 0.2) is 10.4 Å². The molecule has 0 aliphatic heterocycles. The molecule has 0 aromatic carbocycles. The first-order valence-electron chi connectivity index (χ1n) is 8.45. The van der Waals surface area contributed by atoms with Crippen LogP contribution in [0.3, 0.4) is 0 Å². The molecule has 0 saturated heterocycles. The van der Waals surface area contributed by atoms with E-state index in [1.807, 2.05) is 6.92 Å². The third kappa shape index (κ3) is 11.8. The lowest BCUT2D eigenvalue weighted by molar-refractivity contribution is 0.493. The molecule has 23 heavy (non-hydrogen) atoms. The molecule has 1 unspecified atom stereocenters. The Hall–Kier alpha value is -0.370. The summed E-state index contributed by atoms with van der Waals surface area (Å²) >= 11 is 1.75. The summed E-state index contributed by atoms with van der Waals surface area (Å²) in [5.41, 5.74) is 7.05. The van der Waals surface area contributed by atoms with E-state index in [4.69, 9.17) is 5.73 Å².